The summed E-state index contributed by atoms with van der Waals surface area (Å²) in [5, 5.41) is 5.63. The van der Waals surface area contributed by atoms with Gasteiger partial charge in [-0.15, -0.1) is 6.58 Å². The summed E-state index contributed by atoms with van der Waals surface area (Å²) < 4.78 is 16.2. The van der Waals surface area contributed by atoms with Gasteiger partial charge >= 0.3 is 0 Å². The first-order valence-electron chi connectivity index (χ1n) is 11.5. The average Bonchev–Trinajstić information content (AvgIpc) is 3.58. The van der Waals surface area contributed by atoms with Gasteiger partial charge in [0, 0.05) is 37.9 Å². The molecule has 3 amide bonds. The van der Waals surface area contributed by atoms with E-state index in [9.17, 15) is 14.4 Å². The van der Waals surface area contributed by atoms with Gasteiger partial charge in [-0.3, -0.25) is 14.4 Å². The fourth-order valence-electron chi connectivity index (χ4n) is 3.92. The molecule has 3 aromatic rings. The van der Waals surface area contributed by atoms with Crippen molar-refractivity contribution in [2.45, 2.75) is 26.5 Å². The fraction of sp³-hybridized carbons (Fsp3) is 0.308. The molecule has 4 rings (SSSR count). The Kier molecular flexibility index (Phi) is 7.65. The third kappa shape index (κ3) is 5.72. The van der Waals surface area contributed by atoms with Crippen molar-refractivity contribution < 1.29 is 28.0 Å². The molecule has 36 heavy (non-hydrogen) atoms. The van der Waals surface area contributed by atoms with Gasteiger partial charge in [-0.05, 0) is 43.3 Å². The molecular weight excluding hydrogens is 464 g/mol. The summed E-state index contributed by atoms with van der Waals surface area (Å²) in [6, 6.07) is 10.3. The monoisotopic (exact) mass is 492 g/mol. The number of carbonyl (C=O) groups excluding carboxylic acids is 3. The number of amides is 3. The number of nitrogens with one attached hydrogen (secondary N) is 2. The normalized spacial score (nSPS) is 15.2. The van der Waals surface area contributed by atoms with Crippen LogP contribution in [0.4, 0.5) is 5.69 Å². The molecule has 0 unspecified atom stereocenters. The molecule has 3 heterocycles. The smallest absolute Gasteiger partial charge is 0.291 e. The van der Waals surface area contributed by atoms with E-state index in [1.165, 1.54) is 0 Å². The van der Waals surface area contributed by atoms with Crippen molar-refractivity contribution in [2.24, 2.45) is 5.92 Å². The molecule has 2 aromatic heterocycles. The van der Waals surface area contributed by atoms with Gasteiger partial charge in [0.25, 0.3) is 5.91 Å². The number of aryl methyl sites for hydroxylation is 1. The number of hydrogen-bond acceptors (Lipinski definition) is 7. The van der Waals surface area contributed by atoms with Crippen LogP contribution in [0.1, 0.15) is 34.2 Å². The molecule has 0 spiro atoms. The van der Waals surface area contributed by atoms with E-state index in [1.807, 2.05) is 0 Å². The summed E-state index contributed by atoms with van der Waals surface area (Å²) in [6.07, 6.45) is 1.84. The van der Waals surface area contributed by atoms with Crippen molar-refractivity contribution in [3.05, 3.63) is 72.0 Å². The maximum Gasteiger partial charge on any atom is 0.291 e. The molecule has 0 bridgehead atoms. The Bertz CT molecular complexity index is 1260. The van der Waals surface area contributed by atoms with Crippen molar-refractivity contribution in [3.63, 3.8) is 0 Å². The molecule has 10 nitrogen and oxygen atoms in total. The average molecular weight is 493 g/mol. The maximum atomic E-state index is 12.5. The summed E-state index contributed by atoms with van der Waals surface area (Å²) in [6.45, 7) is 6.73. The highest BCUT2D eigenvalue weighted by molar-refractivity contribution is 6.02. The van der Waals surface area contributed by atoms with Crippen LogP contribution in [-0.2, 0) is 27.5 Å². The number of aromatic nitrogens is 1. The second kappa shape index (κ2) is 11.0. The second-order valence-corrected chi connectivity index (χ2v) is 8.46. The van der Waals surface area contributed by atoms with Crippen LogP contribution in [0.25, 0.3) is 11.5 Å². The maximum absolute atomic E-state index is 12.5. The minimum atomic E-state index is -0.389. The van der Waals surface area contributed by atoms with Crippen LogP contribution in [0.5, 0.6) is 0 Å². The minimum Gasteiger partial charge on any atom is -0.453 e. The van der Waals surface area contributed by atoms with Gasteiger partial charge in [0.15, 0.2) is 5.76 Å². The van der Waals surface area contributed by atoms with Crippen molar-refractivity contribution in [3.8, 4) is 11.5 Å². The molecule has 0 saturated carbocycles. The highest BCUT2D eigenvalue weighted by Gasteiger charge is 2.33. The molecular formula is C26H28N4O6. The van der Waals surface area contributed by atoms with E-state index in [0.29, 0.717) is 41.9 Å². The fourth-order valence-corrected chi connectivity index (χ4v) is 3.92. The van der Waals surface area contributed by atoms with Crippen molar-refractivity contribution in [1.82, 2.24) is 15.2 Å². The number of benzene rings is 1. The number of rotatable bonds is 10. The lowest BCUT2D eigenvalue weighted by Gasteiger charge is -2.13. The zero-order valence-electron chi connectivity index (χ0n) is 20.2. The number of nitrogens with zero attached hydrogens (tertiary/aromatic N) is 2. The van der Waals surface area contributed by atoms with Crippen LogP contribution in [0.15, 0.2) is 57.9 Å². The summed E-state index contributed by atoms with van der Waals surface area (Å²) in [5.41, 5.74) is 1.91. The highest BCUT2D eigenvalue weighted by Crippen LogP contribution is 2.24. The van der Waals surface area contributed by atoms with E-state index in [1.54, 1.807) is 61.4 Å². The van der Waals surface area contributed by atoms with Crippen molar-refractivity contribution >= 4 is 23.4 Å². The summed E-state index contributed by atoms with van der Waals surface area (Å²) >= 11 is 0. The standard InChI is InChI=1S/C26H28N4O6/c1-4-11-30-14-18(12-23(30)31)24(32)27-13-21-16(2)35-26(29-21)17-5-7-19(8-6-17)28-25(33)22-10-9-20(36-22)15-34-3/h4-10,18H,1,11-15H2,2-3H3,(H,27,32)(H,28,33)/t18-/m1/s1. The molecule has 188 valence electrons. The van der Waals surface area contributed by atoms with Crippen molar-refractivity contribution in [1.29, 1.82) is 0 Å². The quantitative estimate of drug-likeness (QED) is 0.416. The third-order valence-electron chi connectivity index (χ3n) is 5.82. The number of methoxy groups -OCH3 is 1. The van der Waals surface area contributed by atoms with Gasteiger partial charge in [0.1, 0.15) is 23.8 Å². The predicted octanol–water partition coefficient (Wildman–Crippen LogP) is 3.29. The minimum absolute atomic E-state index is 0.0467. The molecule has 1 aliphatic rings. The van der Waals surface area contributed by atoms with E-state index in [4.69, 9.17) is 13.6 Å². The summed E-state index contributed by atoms with van der Waals surface area (Å²) in [4.78, 5) is 43.0. The van der Waals surface area contributed by atoms with E-state index in [2.05, 4.69) is 22.2 Å². The Balaban J connectivity index is 1.34. The Morgan fingerprint density at radius 2 is 2.00 bits per heavy atom. The first-order chi connectivity index (χ1) is 17.4. The Morgan fingerprint density at radius 1 is 1.22 bits per heavy atom. The Labute approximate surface area is 208 Å². The van der Waals surface area contributed by atoms with Crippen LogP contribution >= 0.6 is 0 Å². The van der Waals surface area contributed by atoms with Gasteiger partial charge in [-0.2, -0.15) is 0 Å². The number of anilines is 1. The molecule has 10 heteroatoms. The number of carbonyl (C=O) groups is 3. The van der Waals surface area contributed by atoms with E-state index < -0.39 is 0 Å². The van der Waals surface area contributed by atoms with E-state index >= 15 is 0 Å². The molecule has 1 atom stereocenters. The van der Waals surface area contributed by atoms with E-state index in [-0.39, 0.29) is 49.0 Å². The molecule has 1 saturated heterocycles. The summed E-state index contributed by atoms with van der Waals surface area (Å²) in [7, 11) is 1.55. The van der Waals surface area contributed by atoms with Crippen LogP contribution in [0.2, 0.25) is 0 Å². The highest BCUT2D eigenvalue weighted by atomic mass is 16.5. The van der Waals surface area contributed by atoms with Gasteiger partial charge < -0.3 is 29.1 Å². The van der Waals surface area contributed by atoms with Crippen molar-refractivity contribution in [2.75, 3.05) is 25.5 Å². The lowest BCUT2D eigenvalue weighted by molar-refractivity contribution is -0.128. The lowest BCUT2D eigenvalue weighted by Crippen LogP contribution is -2.32. The second-order valence-electron chi connectivity index (χ2n) is 8.46. The lowest BCUT2D eigenvalue weighted by atomic mass is 10.1. The first-order valence-corrected chi connectivity index (χ1v) is 11.5. The topological polar surface area (TPSA) is 127 Å². The number of hydrogen-bond donors (Lipinski definition) is 2. The van der Waals surface area contributed by atoms with Gasteiger partial charge in [0.05, 0.1) is 12.5 Å². The number of ether oxygens (including phenoxy) is 1. The first kappa shape index (κ1) is 24.9. The van der Waals surface area contributed by atoms with Crippen LogP contribution < -0.4 is 10.6 Å². The number of oxazole rings is 1. The number of likely N-dealkylation sites (tertiary alicyclic amines) is 1. The summed E-state index contributed by atoms with van der Waals surface area (Å²) in [5.74, 6) is 0.749. The predicted molar refractivity (Wildman–Crippen MR) is 131 cm³/mol. The largest absolute Gasteiger partial charge is 0.453 e. The molecule has 0 aliphatic carbocycles. The Hall–Kier alpha value is -4.18. The molecule has 1 fully saturated rings. The molecule has 0 radical (unpaired) electrons. The molecule has 1 aromatic carbocycles. The molecule has 2 N–H and O–H groups in total. The zero-order valence-corrected chi connectivity index (χ0v) is 20.2. The van der Waals surface area contributed by atoms with Crippen LogP contribution in [-0.4, -0.2) is 47.8 Å². The van der Waals surface area contributed by atoms with Crippen LogP contribution in [0.3, 0.4) is 0 Å². The van der Waals surface area contributed by atoms with Gasteiger partial charge in [-0.1, -0.05) is 6.08 Å². The zero-order chi connectivity index (χ0) is 25.7. The van der Waals surface area contributed by atoms with Crippen LogP contribution in [0, 0.1) is 12.8 Å². The van der Waals surface area contributed by atoms with Gasteiger partial charge in [0.2, 0.25) is 17.7 Å². The number of furan rings is 1. The van der Waals surface area contributed by atoms with Gasteiger partial charge in [-0.25, -0.2) is 4.98 Å². The van der Waals surface area contributed by atoms with E-state index in [0.717, 1.165) is 5.56 Å². The Morgan fingerprint density at radius 3 is 2.72 bits per heavy atom. The molecule has 1 aliphatic heterocycles. The third-order valence-corrected chi connectivity index (χ3v) is 5.82. The SMILES string of the molecule is C=CCN1C[C@H](C(=O)NCc2nc(-c3ccc(NC(=O)c4ccc(COC)o4)cc3)oc2C)CC1=O.